The molecule has 0 aliphatic heterocycles. The molecule has 0 fully saturated rings. The maximum atomic E-state index is 8.96. The summed E-state index contributed by atoms with van der Waals surface area (Å²) in [5.41, 5.74) is 4.23. The predicted octanol–water partition coefficient (Wildman–Crippen LogP) is 2.85. The van der Waals surface area contributed by atoms with Crippen LogP contribution in [0.4, 0.5) is 0 Å². The summed E-state index contributed by atoms with van der Waals surface area (Å²) in [5, 5.41) is 8.96. The van der Waals surface area contributed by atoms with E-state index in [-0.39, 0.29) is 0 Å². The van der Waals surface area contributed by atoms with E-state index < -0.39 is 0 Å². The van der Waals surface area contributed by atoms with Gasteiger partial charge >= 0.3 is 0 Å². The zero-order valence-electron chi connectivity index (χ0n) is 11.2. The van der Waals surface area contributed by atoms with Crippen LogP contribution < -0.4 is 0 Å². The lowest BCUT2D eigenvalue weighted by Gasteiger charge is -2.08. The minimum atomic E-state index is 0.313. The van der Waals surface area contributed by atoms with Gasteiger partial charge in [0.25, 0.3) is 0 Å². The highest BCUT2D eigenvalue weighted by Gasteiger charge is 2.10. The summed E-state index contributed by atoms with van der Waals surface area (Å²) >= 11 is 0. The first kappa shape index (κ1) is 12.4. The van der Waals surface area contributed by atoms with E-state index in [4.69, 9.17) is 5.26 Å². The standard InChI is InChI=1S/C16H14N4/c1-12-8-13(10-18-9-12)11-20-15-5-3-2-4-14(15)19-16(20)6-7-17/h2-5,8-10H,6,11H2,1H3. The summed E-state index contributed by atoms with van der Waals surface area (Å²) in [6.45, 7) is 2.71. The van der Waals surface area contributed by atoms with Crippen molar-refractivity contribution in [3.63, 3.8) is 0 Å². The molecule has 0 unspecified atom stereocenters. The van der Waals surface area contributed by atoms with Gasteiger partial charge in [-0.2, -0.15) is 5.26 Å². The maximum absolute atomic E-state index is 8.96. The Morgan fingerprint density at radius 3 is 2.90 bits per heavy atom. The predicted molar refractivity (Wildman–Crippen MR) is 77.1 cm³/mol. The largest absolute Gasteiger partial charge is 0.323 e. The minimum Gasteiger partial charge on any atom is -0.323 e. The molecule has 1 aromatic carbocycles. The number of nitrogens with zero attached hydrogens (tertiary/aromatic N) is 4. The second kappa shape index (κ2) is 5.14. The number of rotatable bonds is 3. The quantitative estimate of drug-likeness (QED) is 0.729. The molecule has 0 radical (unpaired) electrons. The molecule has 0 aliphatic rings. The lowest BCUT2D eigenvalue weighted by Crippen LogP contribution is -2.05. The highest BCUT2D eigenvalue weighted by Crippen LogP contribution is 2.18. The van der Waals surface area contributed by atoms with E-state index in [1.165, 1.54) is 0 Å². The van der Waals surface area contributed by atoms with Gasteiger partial charge in [0.15, 0.2) is 0 Å². The van der Waals surface area contributed by atoms with Crippen LogP contribution in [0, 0.1) is 18.3 Å². The molecule has 3 aromatic rings. The molecular formula is C16H14N4. The van der Waals surface area contributed by atoms with Crippen molar-refractivity contribution < 1.29 is 0 Å². The molecule has 0 spiro atoms. The molecule has 0 saturated heterocycles. The molecule has 0 N–H and O–H groups in total. The molecule has 3 rings (SSSR count). The van der Waals surface area contributed by atoms with Crippen LogP contribution in [-0.4, -0.2) is 14.5 Å². The summed E-state index contributed by atoms with van der Waals surface area (Å²) in [6, 6.07) is 12.3. The SMILES string of the molecule is Cc1cncc(Cn2c(CC#N)nc3ccccc32)c1. The van der Waals surface area contributed by atoms with E-state index in [9.17, 15) is 0 Å². The average Bonchev–Trinajstić information content (AvgIpc) is 2.78. The van der Waals surface area contributed by atoms with E-state index in [0.717, 1.165) is 28.0 Å². The highest BCUT2D eigenvalue weighted by molar-refractivity contribution is 5.76. The van der Waals surface area contributed by atoms with E-state index in [2.05, 4.69) is 26.7 Å². The minimum absolute atomic E-state index is 0.313. The van der Waals surface area contributed by atoms with Gasteiger partial charge in [-0.15, -0.1) is 0 Å². The number of pyridine rings is 1. The summed E-state index contributed by atoms with van der Waals surface area (Å²) < 4.78 is 2.09. The molecule has 0 bridgehead atoms. The van der Waals surface area contributed by atoms with Crippen molar-refractivity contribution in [2.24, 2.45) is 0 Å². The van der Waals surface area contributed by atoms with Crippen LogP contribution in [-0.2, 0) is 13.0 Å². The lowest BCUT2D eigenvalue weighted by molar-refractivity contribution is 0.765. The Labute approximate surface area is 117 Å². The van der Waals surface area contributed by atoms with E-state index in [1.807, 2.05) is 43.6 Å². The van der Waals surface area contributed by atoms with E-state index >= 15 is 0 Å². The van der Waals surface area contributed by atoms with Gasteiger partial charge in [-0.1, -0.05) is 18.2 Å². The molecule has 4 heteroatoms. The van der Waals surface area contributed by atoms with Crippen molar-refractivity contribution in [2.45, 2.75) is 19.9 Å². The molecule has 0 saturated carbocycles. The second-order valence-corrected chi connectivity index (χ2v) is 4.81. The number of para-hydroxylation sites is 2. The topological polar surface area (TPSA) is 54.5 Å². The average molecular weight is 262 g/mol. The van der Waals surface area contributed by atoms with Gasteiger partial charge in [-0.25, -0.2) is 4.98 Å². The van der Waals surface area contributed by atoms with Crippen molar-refractivity contribution >= 4 is 11.0 Å². The first-order valence-corrected chi connectivity index (χ1v) is 6.49. The molecular weight excluding hydrogens is 248 g/mol. The van der Waals surface area contributed by atoms with Crippen LogP contribution in [0.1, 0.15) is 17.0 Å². The van der Waals surface area contributed by atoms with Crippen molar-refractivity contribution in [1.82, 2.24) is 14.5 Å². The van der Waals surface area contributed by atoms with Gasteiger partial charge in [-0.3, -0.25) is 4.98 Å². The smallest absolute Gasteiger partial charge is 0.124 e. The molecule has 2 heterocycles. The van der Waals surface area contributed by atoms with Crippen LogP contribution in [0.5, 0.6) is 0 Å². The number of hydrogen-bond acceptors (Lipinski definition) is 3. The van der Waals surface area contributed by atoms with Gasteiger partial charge in [0, 0.05) is 12.4 Å². The zero-order chi connectivity index (χ0) is 13.9. The lowest BCUT2D eigenvalue weighted by atomic mass is 10.2. The maximum Gasteiger partial charge on any atom is 0.124 e. The van der Waals surface area contributed by atoms with Gasteiger partial charge < -0.3 is 4.57 Å². The van der Waals surface area contributed by atoms with Gasteiger partial charge in [0.1, 0.15) is 5.82 Å². The van der Waals surface area contributed by atoms with Crippen molar-refractivity contribution in [3.05, 3.63) is 59.7 Å². The van der Waals surface area contributed by atoms with Crippen LogP contribution in [0.2, 0.25) is 0 Å². The summed E-state index contributed by atoms with van der Waals surface area (Å²) in [6.07, 6.45) is 4.01. The van der Waals surface area contributed by atoms with Crippen LogP contribution in [0.25, 0.3) is 11.0 Å². The number of aromatic nitrogens is 3. The van der Waals surface area contributed by atoms with Gasteiger partial charge in [0.2, 0.25) is 0 Å². The summed E-state index contributed by atoms with van der Waals surface area (Å²) in [4.78, 5) is 8.76. The highest BCUT2D eigenvalue weighted by atomic mass is 15.1. The second-order valence-electron chi connectivity index (χ2n) is 4.81. The Kier molecular flexibility index (Phi) is 3.18. The Morgan fingerprint density at radius 2 is 2.10 bits per heavy atom. The normalized spacial score (nSPS) is 10.6. The number of hydrogen-bond donors (Lipinski definition) is 0. The number of benzene rings is 1. The Morgan fingerprint density at radius 1 is 1.25 bits per heavy atom. The van der Waals surface area contributed by atoms with Crippen LogP contribution in [0.15, 0.2) is 42.7 Å². The van der Waals surface area contributed by atoms with Gasteiger partial charge in [-0.05, 0) is 30.2 Å². The summed E-state index contributed by atoms with van der Waals surface area (Å²) in [5.74, 6) is 0.801. The number of aryl methyl sites for hydroxylation is 1. The summed E-state index contributed by atoms with van der Waals surface area (Å²) in [7, 11) is 0. The van der Waals surface area contributed by atoms with Crippen molar-refractivity contribution in [3.8, 4) is 6.07 Å². The number of nitriles is 1. The first-order chi connectivity index (χ1) is 9.78. The molecule has 4 nitrogen and oxygen atoms in total. The van der Waals surface area contributed by atoms with Gasteiger partial charge in [0.05, 0.1) is 30.1 Å². The Balaban J connectivity index is 2.09. The fourth-order valence-electron chi connectivity index (χ4n) is 2.39. The van der Waals surface area contributed by atoms with Crippen LogP contribution >= 0.6 is 0 Å². The first-order valence-electron chi connectivity index (χ1n) is 6.49. The fraction of sp³-hybridized carbons (Fsp3) is 0.188. The van der Waals surface area contributed by atoms with Crippen LogP contribution in [0.3, 0.4) is 0 Å². The van der Waals surface area contributed by atoms with Crippen molar-refractivity contribution in [1.29, 1.82) is 5.26 Å². The third-order valence-corrected chi connectivity index (χ3v) is 3.24. The molecule has 0 aliphatic carbocycles. The van der Waals surface area contributed by atoms with E-state index in [1.54, 1.807) is 0 Å². The molecule has 0 amide bonds. The Hall–Kier alpha value is -2.67. The number of imidazole rings is 1. The molecule has 2 aromatic heterocycles. The monoisotopic (exact) mass is 262 g/mol. The fourth-order valence-corrected chi connectivity index (χ4v) is 2.39. The van der Waals surface area contributed by atoms with E-state index in [0.29, 0.717) is 13.0 Å². The third-order valence-electron chi connectivity index (χ3n) is 3.24. The molecule has 0 atom stereocenters. The molecule has 98 valence electrons. The zero-order valence-corrected chi connectivity index (χ0v) is 11.2. The third kappa shape index (κ3) is 2.26. The number of fused-ring (bicyclic) bond motifs is 1. The van der Waals surface area contributed by atoms with Crippen molar-refractivity contribution in [2.75, 3.05) is 0 Å². The Bertz CT molecular complexity index is 796. The molecule has 20 heavy (non-hydrogen) atoms.